The largest absolute Gasteiger partial charge is 0.328 e. The lowest BCUT2D eigenvalue weighted by molar-refractivity contribution is 0.457. The zero-order valence-electron chi connectivity index (χ0n) is 9.98. The Bertz CT molecular complexity index is 753. The van der Waals surface area contributed by atoms with Crippen LogP contribution in [0.4, 0.5) is 0 Å². The predicted octanol–water partition coefficient (Wildman–Crippen LogP) is 1.32. The fraction of sp³-hybridized carbons (Fsp3) is 0.333. The van der Waals surface area contributed by atoms with E-state index in [4.69, 9.17) is 5.73 Å². The Morgan fingerprint density at radius 1 is 1.42 bits per heavy atom. The molecule has 1 aliphatic heterocycles. The molecule has 0 amide bonds. The predicted molar refractivity (Wildman–Crippen MR) is 80.2 cm³/mol. The maximum absolute atomic E-state index is 12.0. The van der Waals surface area contributed by atoms with E-state index in [1.807, 2.05) is 12.1 Å². The van der Waals surface area contributed by atoms with Crippen molar-refractivity contribution in [1.82, 2.24) is 9.55 Å². The molecule has 3 N–H and O–H groups in total. The number of aromatic nitrogens is 2. The highest BCUT2D eigenvalue weighted by Gasteiger charge is 2.23. The van der Waals surface area contributed by atoms with Crippen LogP contribution < -0.4 is 16.9 Å². The molecule has 1 unspecified atom stereocenters. The summed E-state index contributed by atoms with van der Waals surface area (Å²) in [6, 6.07) is 3.72. The van der Waals surface area contributed by atoms with Crippen LogP contribution in [0.3, 0.4) is 0 Å². The molecule has 0 radical (unpaired) electrons. The van der Waals surface area contributed by atoms with Gasteiger partial charge in [0, 0.05) is 11.0 Å². The number of aromatic amines is 1. The van der Waals surface area contributed by atoms with E-state index in [9.17, 15) is 9.59 Å². The fourth-order valence-electron chi connectivity index (χ4n) is 2.64. The van der Waals surface area contributed by atoms with Crippen LogP contribution in [0.25, 0.3) is 11.0 Å². The van der Waals surface area contributed by atoms with E-state index in [0.717, 1.165) is 28.4 Å². The van der Waals surface area contributed by atoms with Gasteiger partial charge >= 0.3 is 11.1 Å². The Hall–Kier alpha value is -1.11. The van der Waals surface area contributed by atoms with Crippen LogP contribution >= 0.6 is 28.3 Å². The summed E-state index contributed by atoms with van der Waals surface area (Å²) >= 11 is 3.41. The summed E-state index contributed by atoms with van der Waals surface area (Å²) in [6.45, 7) is 0.369. The van der Waals surface area contributed by atoms with Crippen molar-refractivity contribution in [2.24, 2.45) is 5.73 Å². The zero-order valence-corrected chi connectivity index (χ0v) is 12.4. The molecule has 0 spiro atoms. The Morgan fingerprint density at radius 2 is 2.16 bits per heavy atom. The molecule has 0 saturated carbocycles. The molecule has 5 nitrogen and oxygen atoms in total. The van der Waals surface area contributed by atoms with Gasteiger partial charge in [-0.25, -0.2) is 0 Å². The van der Waals surface area contributed by atoms with E-state index < -0.39 is 11.1 Å². The van der Waals surface area contributed by atoms with Gasteiger partial charge in [0.05, 0.1) is 17.1 Å². The molecule has 1 aromatic carbocycles. The van der Waals surface area contributed by atoms with Crippen molar-refractivity contribution >= 4 is 39.4 Å². The van der Waals surface area contributed by atoms with E-state index in [1.54, 1.807) is 4.57 Å². The number of aryl methyl sites for hydroxylation is 1. The molecule has 1 aromatic heterocycles. The molecule has 19 heavy (non-hydrogen) atoms. The molecule has 0 aliphatic carbocycles. The summed E-state index contributed by atoms with van der Waals surface area (Å²) in [7, 11) is 0. The average molecular weight is 347 g/mol. The molecule has 2 aromatic rings. The van der Waals surface area contributed by atoms with Gasteiger partial charge in [-0.05, 0) is 30.5 Å². The lowest BCUT2D eigenvalue weighted by atomic mass is 9.98. The minimum Gasteiger partial charge on any atom is -0.328 e. The third kappa shape index (κ3) is 2.13. The van der Waals surface area contributed by atoms with Crippen LogP contribution in [-0.2, 0) is 6.42 Å². The SMILES string of the molecule is Cl.NCC1CCc2cc(Br)cc3[nH]c(=O)c(=O)n1c23. The minimum absolute atomic E-state index is 0. The smallest absolute Gasteiger partial charge is 0.317 e. The third-order valence-electron chi connectivity index (χ3n) is 3.44. The maximum Gasteiger partial charge on any atom is 0.317 e. The first-order valence-electron chi connectivity index (χ1n) is 5.79. The summed E-state index contributed by atoms with van der Waals surface area (Å²) in [5.41, 5.74) is 7.16. The molecule has 1 atom stereocenters. The maximum atomic E-state index is 12.0. The van der Waals surface area contributed by atoms with Crippen LogP contribution in [-0.4, -0.2) is 16.1 Å². The molecule has 1 aliphatic rings. The van der Waals surface area contributed by atoms with Gasteiger partial charge in [-0.15, -0.1) is 12.4 Å². The lowest BCUT2D eigenvalue weighted by Gasteiger charge is -2.26. The number of hydrogen-bond donors (Lipinski definition) is 2. The summed E-state index contributed by atoms with van der Waals surface area (Å²) in [4.78, 5) is 26.3. The highest BCUT2D eigenvalue weighted by atomic mass is 79.9. The van der Waals surface area contributed by atoms with Crippen molar-refractivity contribution in [2.45, 2.75) is 18.9 Å². The molecular weight excluding hydrogens is 334 g/mol. The summed E-state index contributed by atoms with van der Waals surface area (Å²) in [5.74, 6) is 0. The highest BCUT2D eigenvalue weighted by molar-refractivity contribution is 9.10. The second-order valence-electron chi connectivity index (χ2n) is 4.52. The normalized spacial score (nSPS) is 17.3. The van der Waals surface area contributed by atoms with Crippen LogP contribution in [0.2, 0.25) is 0 Å². The molecule has 0 saturated heterocycles. The third-order valence-corrected chi connectivity index (χ3v) is 3.90. The van der Waals surface area contributed by atoms with Crippen molar-refractivity contribution in [3.05, 3.63) is 42.9 Å². The second-order valence-corrected chi connectivity index (χ2v) is 5.43. The summed E-state index contributed by atoms with van der Waals surface area (Å²) in [6.07, 6.45) is 1.65. The van der Waals surface area contributed by atoms with E-state index in [-0.39, 0.29) is 18.4 Å². The van der Waals surface area contributed by atoms with Crippen molar-refractivity contribution < 1.29 is 0 Å². The molecule has 3 rings (SSSR count). The van der Waals surface area contributed by atoms with Crippen molar-refractivity contribution in [1.29, 1.82) is 0 Å². The standard InChI is InChI=1S/C12H12BrN3O2.ClH/c13-7-3-6-1-2-8(5-14)16-10(6)9(4-7)15-11(17)12(16)18;/h3-4,8H,1-2,5,14H2,(H,15,17);1H. The van der Waals surface area contributed by atoms with Crippen molar-refractivity contribution in [2.75, 3.05) is 6.54 Å². The van der Waals surface area contributed by atoms with E-state index in [0.29, 0.717) is 12.1 Å². The fourth-order valence-corrected chi connectivity index (χ4v) is 3.14. The molecule has 0 fully saturated rings. The van der Waals surface area contributed by atoms with Crippen LogP contribution in [0.5, 0.6) is 0 Å². The van der Waals surface area contributed by atoms with Crippen molar-refractivity contribution in [3.63, 3.8) is 0 Å². The Balaban J connectivity index is 0.00000133. The number of hydrogen-bond acceptors (Lipinski definition) is 3. The molecule has 7 heteroatoms. The number of benzene rings is 1. The highest BCUT2D eigenvalue weighted by Crippen LogP contribution is 2.29. The van der Waals surface area contributed by atoms with Gasteiger partial charge in [-0.2, -0.15) is 0 Å². The van der Waals surface area contributed by atoms with Gasteiger partial charge in [0.15, 0.2) is 0 Å². The molecule has 102 valence electrons. The van der Waals surface area contributed by atoms with Gasteiger partial charge in [0.1, 0.15) is 0 Å². The monoisotopic (exact) mass is 345 g/mol. The van der Waals surface area contributed by atoms with E-state index in [2.05, 4.69) is 20.9 Å². The van der Waals surface area contributed by atoms with Gasteiger partial charge < -0.3 is 10.7 Å². The summed E-state index contributed by atoms with van der Waals surface area (Å²) < 4.78 is 2.46. The quantitative estimate of drug-likeness (QED) is 0.764. The first-order chi connectivity index (χ1) is 8.61. The van der Waals surface area contributed by atoms with E-state index >= 15 is 0 Å². The second kappa shape index (κ2) is 5.11. The zero-order chi connectivity index (χ0) is 12.9. The summed E-state index contributed by atoms with van der Waals surface area (Å²) in [5, 5.41) is 0. The number of rotatable bonds is 1. The first-order valence-corrected chi connectivity index (χ1v) is 6.58. The Morgan fingerprint density at radius 3 is 2.84 bits per heavy atom. The topological polar surface area (TPSA) is 80.9 Å². The minimum atomic E-state index is -0.591. The number of halogens is 2. The molecule has 0 bridgehead atoms. The lowest BCUT2D eigenvalue weighted by Crippen LogP contribution is -2.42. The molecular formula is C12H13BrClN3O2. The van der Waals surface area contributed by atoms with Crippen LogP contribution in [0.15, 0.2) is 26.2 Å². The van der Waals surface area contributed by atoms with Crippen molar-refractivity contribution in [3.8, 4) is 0 Å². The number of nitrogens with two attached hydrogens (primary N) is 1. The van der Waals surface area contributed by atoms with Gasteiger partial charge in [0.25, 0.3) is 0 Å². The molecule has 2 heterocycles. The first kappa shape index (κ1) is 14.3. The van der Waals surface area contributed by atoms with Crippen LogP contribution in [0, 0.1) is 0 Å². The van der Waals surface area contributed by atoms with Gasteiger partial charge in [-0.3, -0.25) is 14.2 Å². The average Bonchev–Trinajstić information content (AvgIpc) is 2.34. The number of nitrogens with one attached hydrogen (secondary N) is 1. The van der Waals surface area contributed by atoms with E-state index in [1.165, 1.54) is 0 Å². The Kier molecular flexibility index (Phi) is 3.85. The number of nitrogens with zero attached hydrogens (tertiary/aromatic N) is 1. The Labute approximate surface area is 123 Å². The number of H-pyrrole nitrogens is 1. The van der Waals surface area contributed by atoms with Crippen LogP contribution in [0.1, 0.15) is 18.0 Å². The van der Waals surface area contributed by atoms with Gasteiger partial charge in [-0.1, -0.05) is 15.9 Å². The van der Waals surface area contributed by atoms with Gasteiger partial charge in [0.2, 0.25) is 0 Å².